The van der Waals surface area contributed by atoms with E-state index in [0.29, 0.717) is 26.2 Å². The number of amides is 2. The van der Waals surface area contributed by atoms with Gasteiger partial charge in [0.05, 0.1) is 19.1 Å². The third kappa shape index (κ3) is 5.51. The minimum Gasteiger partial charge on any atom is -0.481 e. The van der Waals surface area contributed by atoms with Crippen molar-refractivity contribution in [1.82, 2.24) is 15.1 Å². The van der Waals surface area contributed by atoms with Gasteiger partial charge in [-0.05, 0) is 38.9 Å². The molecule has 1 unspecified atom stereocenters. The second-order valence-electron chi connectivity index (χ2n) is 5.67. The summed E-state index contributed by atoms with van der Waals surface area (Å²) in [7, 11) is 0. The zero-order valence-corrected chi connectivity index (χ0v) is 12.4. The molecule has 7 nitrogen and oxygen atoms in total. The molecule has 0 aliphatic carbocycles. The van der Waals surface area contributed by atoms with E-state index in [4.69, 9.17) is 9.84 Å². The predicted octanol–water partition coefficient (Wildman–Crippen LogP) is 0.357. The van der Waals surface area contributed by atoms with Crippen LogP contribution in [-0.2, 0) is 9.53 Å². The minimum atomic E-state index is -0.895. The van der Waals surface area contributed by atoms with Crippen molar-refractivity contribution in [2.75, 3.05) is 45.9 Å². The molecule has 2 fully saturated rings. The Bertz CT molecular complexity index is 358. The number of hydrogen-bond acceptors (Lipinski definition) is 4. The van der Waals surface area contributed by atoms with E-state index in [-0.39, 0.29) is 12.5 Å². The number of carbonyl (C=O) groups is 2. The summed E-state index contributed by atoms with van der Waals surface area (Å²) in [5, 5.41) is 11.7. The van der Waals surface area contributed by atoms with Crippen LogP contribution in [0.15, 0.2) is 0 Å². The fourth-order valence-corrected chi connectivity index (χ4v) is 2.84. The van der Waals surface area contributed by atoms with Gasteiger partial charge in [0.25, 0.3) is 0 Å². The van der Waals surface area contributed by atoms with Crippen molar-refractivity contribution in [3.63, 3.8) is 0 Å². The van der Waals surface area contributed by atoms with Crippen LogP contribution in [0.25, 0.3) is 0 Å². The molecule has 2 aliphatic rings. The van der Waals surface area contributed by atoms with Crippen LogP contribution >= 0.6 is 0 Å². The van der Waals surface area contributed by atoms with Crippen LogP contribution in [-0.4, -0.2) is 78.9 Å². The molecule has 0 aromatic rings. The number of nitrogens with one attached hydrogen (secondary N) is 1. The highest BCUT2D eigenvalue weighted by Crippen LogP contribution is 2.09. The molecule has 120 valence electrons. The summed E-state index contributed by atoms with van der Waals surface area (Å²) in [6.07, 6.45) is 3.07. The van der Waals surface area contributed by atoms with Gasteiger partial charge < -0.3 is 25.0 Å². The molecular formula is C14H25N3O4. The van der Waals surface area contributed by atoms with E-state index in [2.05, 4.69) is 10.2 Å². The Morgan fingerprint density at radius 1 is 1.24 bits per heavy atom. The number of carboxylic acids is 1. The van der Waals surface area contributed by atoms with Gasteiger partial charge in [-0.3, -0.25) is 4.79 Å². The van der Waals surface area contributed by atoms with Gasteiger partial charge in [0.2, 0.25) is 0 Å². The number of nitrogens with zero attached hydrogens (tertiary/aromatic N) is 2. The summed E-state index contributed by atoms with van der Waals surface area (Å²) in [4.78, 5) is 26.8. The Morgan fingerprint density at radius 3 is 2.71 bits per heavy atom. The fraction of sp³-hybridized carbons (Fsp3) is 0.857. The average Bonchev–Trinajstić information content (AvgIpc) is 2.96. The van der Waals surface area contributed by atoms with Crippen LogP contribution in [0, 0.1) is 0 Å². The van der Waals surface area contributed by atoms with Crippen molar-refractivity contribution in [1.29, 1.82) is 0 Å². The molecule has 7 heteroatoms. The van der Waals surface area contributed by atoms with Gasteiger partial charge >= 0.3 is 12.0 Å². The van der Waals surface area contributed by atoms with Crippen molar-refractivity contribution in [2.24, 2.45) is 0 Å². The molecule has 0 bridgehead atoms. The number of morpholine rings is 1. The summed E-state index contributed by atoms with van der Waals surface area (Å²) >= 11 is 0. The smallest absolute Gasteiger partial charge is 0.317 e. The molecule has 2 N–H and O–H groups in total. The molecule has 0 radical (unpaired) electrons. The molecule has 0 aromatic carbocycles. The van der Waals surface area contributed by atoms with Crippen LogP contribution in [0.2, 0.25) is 0 Å². The van der Waals surface area contributed by atoms with E-state index in [1.165, 1.54) is 25.9 Å². The second kappa shape index (κ2) is 8.19. The number of ether oxygens (including phenoxy) is 1. The predicted molar refractivity (Wildman–Crippen MR) is 77.3 cm³/mol. The molecule has 0 saturated carbocycles. The Morgan fingerprint density at radius 2 is 2.00 bits per heavy atom. The van der Waals surface area contributed by atoms with Gasteiger partial charge in [-0.25, -0.2) is 4.79 Å². The number of rotatable bonds is 6. The van der Waals surface area contributed by atoms with E-state index < -0.39 is 12.1 Å². The standard InChI is InChI=1S/C14H25N3O4/c18-13(19)10-12-11-17(8-9-21-12)14(20)15-4-3-7-16-5-1-2-6-16/h12H,1-11H2,(H,15,20)(H,18,19). The zero-order valence-electron chi connectivity index (χ0n) is 12.4. The summed E-state index contributed by atoms with van der Waals surface area (Å²) in [6, 6.07) is -0.116. The van der Waals surface area contributed by atoms with Gasteiger partial charge in [-0.15, -0.1) is 0 Å². The first kappa shape index (κ1) is 16.0. The topological polar surface area (TPSA) is 82.1 Å². The average molecular weight is 299 g/mol. The van der Waals surface area contributed by atoms with Gasteiger partial charge in [0.1, 0.15) is 0 Å². The molecule has 2 aliphatic heterocycles. The lowest BCUT2D eigenvalue weighted by Gasteiger charge is -2.32. The summed E-state index contributed by atoms with van der Waals surface area (Å²) in [6.45, 7) is 5.32. The van der Waals surface area contributed by atoms with Gasteiger partial charge in [0, 0.05) is 19.6 Å². The highest BCUT2D eigenvalue weighted by atomic mass is 16.5. The van der Waals surface area contributed by atoms with Crippen LogP contribution < -0.4 is 5.32 Å². The first-order valence-corrected chi connectivity index (χ1v) is 7.73. The van der Waals surface area contributed by atoms with Crippen molar-refractivity contribution >= 4 is 12.0 Å². The Kier molecular flexibility index (Phi) is 6.25. The largest absolute Gasteiger partial charge is 0.481 e. The monoisotopic (exact) mass is 299 g/mol. The van der Waals surface area contributed by atoms with Crippen molar-refractivity contribution < 1.29 is 19.4 Å². The van der Waals surface area contributed by atoms with E-state index in [1.54, 1.807) is 4.90 Å². The second-order valence-corrected chi connectivity index (χ2v) is 5.67. The van der Waals surface area contributed by atoms with Crippen LogP contribution in [0.3, 0.4) is 0 Å². The molecule has 1 atom stereocenters. The van der Waals surface area contributed by atoms with Crippen LogP contribution in [0.4, 0.5) is 4.79 Å². The Labute approximate surface area is 125 Å². The number of likely N-dealkylation sites (tertiary alicyclic amines) is 1. The summed E-state index contributed by atoms with van der Waals surface area (Å²) in [5.41, 5.74) is 0. The minimum absolute atomic E-state index is 0.0568. The van der Waals surface area contributed by atoms with Gasteiger partial charge in [-0.2, -0.15) is 0 Å². The normalized spacial score (nSPS) is 23.2. The Balaban J connectivity index is 1.61. The van der Waals surface area contributed by atoms with E-state index >= 15 is 0 Å². The molecule has 2 rings (SSSR count). The first-order valence-electron chi connectivity index (χ1n) is 7.73. The quantitative estimate of drug-likeness (QED) is 0.692. The van der Waals surface area contributed by atoms with Crippen molar-refractivity contribution in [2.45, 2.75) is 31.8 Å². The number of urea groups is 1. The van der Waals surface area contributed by atoms with E-state index in [0.717, 1.165) is 13.0 Å². The van der Waals surface area contributed by atoms with Crippen LogP contribution in [0.1, 0.15) is 25.7 Å². The maximum absolute atomic E-state index is 12.0. The number of hydrogen-bond donors (Lipinski definition) is 2. The lowest BCUT2D eigenvalue weighted by molar-refractivity contribution is -0.141. The molecule has 0 aromatic heterocycles. The first-order chi connectivity index (χ1) is 10.1. The number of aliphatic carboxylic acids is 1. The fourth-order valence-electron chi connectivity index (χ4n) is 2.84. The summed E-state index contributed by atoms with van der Waals surface area (Å²) in [5.74, 6) is -0.895. The maximum atomic E-state index is 12.0. The summed E-state index contributed by atoms with van der Waals surface area (Å²) < 4.78 is 5.35. The number of carboxylic acid groups (broad SMARTS) is 1. The zero-order chi connectivity index (χ0) is 15.1. The lowest BCUT2D eigenvalue weighted by Crippen LogP contribution is -2.50. The van der Waals surface area contributed by atoms with Gasteiger partial charge in [-0.1, -0.05) is 0 Å². The van der Waals surface area contributed by atoms with E-state index in [1.807, 2.05) is 0 Å². The van der Waals surface area contributed by atoms with Crippen molar-refractivity contribution in [3.05, 3.63) is 0 Å². The molecule has 0 spiro atoms. The van der Waals surface area contributed by atoms with Gasteiger partial charge in [0.15, 0.2) is 0 Å². The SMILES string of the molecule is O=C(O)CC1CN(C(=O)NCCCN2CCCC2)CCO1. The van der Waals surface area contributed by atoms with Crippen LogP contribution in [0.5, 0.6) is 0 Å². The highest BCUT2D eigenvalue weighted by molar-refractivity contribution is 5.74. The Hall–Kier alpha value is -1.34. The molecule has 2 heterocycles. The highest BCUT2D eigenvalue weighted by Gasteiger charge is 2.25. The molecule has 21 heavy (non-hydrogen) atoms. The third-order valence-electron chi connectivity index (χ3n) is 3.95. The molecule has 2 amide bonds. The number of carbonyl (C=O) groups excluding carboxylic acids is 1. The molecular weight excluding hydrogens is 274 g/mol. The third-order valence-corrected chi connectivity index (χ3v) is 3.95. The molecule has 2 saturated heterocycles. The van der Waals surface area contributed by atoms with E-state index in [9.17, 15) is 9.59 Å². The lowest BCUT2D eigenvalue weighted by atomic mass is 10.2. The maximum Gasteiger partial charge on any atom is 0.317 e. The van der Waals surface area contributed by atoms with Crippen molar-refractivity contribution in [3.8, 4) is 0 Å².